The van der Waals surface area contributed by atoms with Gasteiger partial charge in [-0.05, 0) is 32.9 Å². The molecule has 160 valence electrons. The zero-order valence-corrected chi connectivity index (χ0v) is 16.8. The Hall–Kier alpha value is -2.79. The van der Waals surface area contributed by atoms with Crippen molar-refractivity contribution in [1.29, 1.82) is 0 Å². The molecule has 2 fully saturated rings. The lowest BCUT2D eigenvalue weighted by atomic mass is 10.1. The van der Waals surface area contributed by atoms with Gasteiger partial charge in [0.05, 0.1) is 12.2 Å². The Morgan fingerprint density at radius 3 is 2.60 bits per heavy atom. The van der Waals surface area contributed by atoms with Gasteiger partial charge in [-0.2, -0.15) is 10.5 Å². The van der Waals surface area contributed by atoms with Gasteiger partial charge in [0, 0.05) is 12.3 Å². The zero-order valence-electron chi connectivity index (χ0n) is 16.8. The number of fused-ring (bicyclic) bond motifs is 1. The van der Waals surface area contributed by atoms with Crippen LogP contribution >= 0.6 is 0 Å². The molecule has 0 amide bonds. The van der Waals surface area contributed by atoms with Gasteiger partial charge in [0.1, 0.15) is 18.3 Å². The highest BCUT2D eigenvalue weighted by atomic mass is 16.8. The maximum absolute atomic E-state index is 12.6. The van der Waals surface area contributed by atoms with E-state index < -0.39 is 42.0 Å². The van der Waals surface area contributed by atoms with Crippen LogP contribution in [0.25, 0.3) is 0 Å². The lowest BCUT2D eigenvalue weighted by molar-refractivity contribution is -0.200. The fraction of sp³-hybridized carbons (Fsp3) is 0.450. The van der Waals surface area contributed by atoms with Gasteiger partial charge < -0.3 is 24.2 Å². The summed E-state index contributed by atoms with van der Waals surface area (Å²) in [5.74, 6) is -1.39. The summed E-state index contributed by atoms with van der Waals surface area (Å²) in [5, 5.41) is 9.57. The van der Waals surface area contributed by atoms with E-state index in [1.54, 1.807) is 38.1 Å². The molecule has 10 nitrogen and oxygen atoms in total. The van der Waals surface area contributed by atoms with Crippen LogP contribution in [0.1, 0.15) is 36.0 Å². The minimum Gasteiger partial charge on any atom is -0.394 e. The minimum atomic E-state index is -0.854. The number of hydrogen-bond acceptors (Lipinski definition) is 9. The van der Waals surface area contributed by atoms with Crippen molar-refractivity contribution in [2.45, 2.75) is 51.1 Å². The number of aliphatic hydroxyl groups excluding tert-OH is 1. The lowest BCUT2D eigenvalue weighted by Gasteiger charge is -2.24. The summed E-state index contributed by atoms with van der Waals surface area (Å²) in [6.45, 7) is 5.16. The van der Waals surface area contributed by atoms with Gasteiger partial charge in [-0.3, -0.25) is 4.57 Å². The first-order valence-electron chi connectivity index (χ1n) is 9.52. The van der Waals surface area contributed by atoms with Crippen LogP contribution in [0.15, 0.2) is 41.3 Å². The average Bonchev–Trinajstić information content (AvgIpc) is 3.19. The van der Waals surface area contributed by atoms with Crippen LogP contribution < -0.4 is 11.2 Å². The van der Waals surface area contributed by atoms with Gasteiger partial charge in [-0.25, -0.2) is 9.59 Å². The maximum atomic E-state index is 12.6. The third-order valence-electron chi connectivity index (χ3n) is 4.94. The molecule has 1 aromatic carbocycles. The van der Waals surface area contributed by atoms with E-state index in [0.717, 1.165) is 5.56 Å². The molecule has 10 heteroatoms. The highest BCUT2D eigenvalue weighted by Gasteiger charge is 2.55. The highest BCUT2D eigenvalue weighted by molar-refractivity contribution is 5.89. The SMILES string of the molecule is Cc1ccc(C(=O)ONc2ccn([C@@H]3O[C@H](CO)[C@H]4OC(C)(C)O[C@H]43)c(=O)n2)cc1. The van der Waals surface area contributed by atoms with E-state index in [1.807, 2.05) is 6.92 Å². The van der Waals surface area contributed by atoms with Crippen molar-refractivity contribution in [2.75, 3.05) is 12.1 Å². The summed E-state index contributed by atoms with van der Waals surface area (Å²) < 4.78 is 18.7. The van der Waals surface area contributed by atoms with Crippen molar-refractivity contribution in [2.24, 2.45) is 0 Å². The van der Waals surface area contributed by atoms with Crippen LogP contribution in [-0.4, -0.2) is 51.3 Å². The van der Waals surface area contributed by atoms with Crippen molar-refractivity contribution in [3.05, 3.63) is 58.1 Å². The number of hydrogen-bond donors (Lipinski definition) is 2. The van der Waals surface area contributed by atoms with E-state index >= 15 is 0 Å². The van der Waals surface area contributed by atoms with Gasteiger partial charge in [0.15, 0.2) is 17.8 Å². The molecule has 0 saturated carbocycles. The van der Waals surface area contributed by atoms with Gasteiger partial charge in [0.25, 0.3) is 0 Å². The second-order valence-electron chi connectivity index (χ2n) is 7.67. The lowest BCUT2D eigenvalue weighted by Crippen LogP contribution is -2.35. The number of benzene rings is 1. The van der Waals surface area contributed by atoms with E-state index in [9.17, 15) is 14.7 Å². The average molecular weight is 417 g/mol. The third-order valence-corrected chi connectivity index (χ3v) is 4.94. The number of ether oxygens (including phenoxy) is 3. The summed E-state index contributed by atoms with van der Waals surface area (Å²) >= 11 is 0. The van der Waals surface area contributed by atoms with Crippen molar-refractivity contribution >= 4 is 11.8 Å². The first-order chi connectivity index (χ1) is 14.3. The van der Waals surface area contributed by atoms with Gasteiger partial charge in [0.2, 0.25) is 0 Å². The second kappa shape index (κ2) is 7.80. The Morgan fingerprint density at radius 2 is 1.93 bits per heavy atom. The summed E-state index contributed by atoms with van der Waals surface area (Å²) in [6, 6.07) is 8.33. The van der Waals surface area contributed by atoms with E-state index in [-0.39, 0.29) is 12.4 Å². The molecular formula is C20H23N3O7. The van der Waals surface area contributed by atoms with E-state index in [2.05, 4.69) is 10.5 Å². The van der Waals surface area contributed by atoms with Crippen molar-refractivity contribution in [1.82, 2.24) is 9.55 Å². The monoisotopic (exact) mass is 417 g/mol. The topological polar surface area (TPSA) is 121 Å². The number of nitrogens with zero attached hydrogens (tertiary/aromatic N) is 2. The fourth-order valence-electron chi connectivity index (χ4n) is 3.54. The summed E-state index contributed by atoms with van der Waals surface area (Å²) in [6.07, 6.45) is -1.06. The molecule has 2 aromatic rings. The van der Waals surface area contributed by atoms with Crippen molar-refractivity contribution < 1.29 is 28.9 Å². The molecule has 0 spiro atoms. The molecule has 3 heterocycles. The summed E-state index contributed by atoms with van der Waals surface area (Å²) in [5.41, 5.74) is 3.13. The normalized spacial score (nSPS) is 26.9. The molecule has 4 rings (SSSR count). The maximum Gasteiger partial charge on any atom is 0.362 e. The van der Waals surface area contributed by atoms with Crippen LogP contribution in [0.5, 0.6) is 0 Å². The number of rotatable bonds is 5. The van der Waals surface area contributed by atoms with Gasteiger partial charge in [-0.15, -0.1) is 0 Å². The molecule has 4 atom stereocenters. The molecular weight excluding hydrogens is 394 g/mol. The standard InChI is InChI=1S/C20H23N3O7/c1-11-4-6-12(7-5-11)18(25)30-22-14-8-9-23(19(26)21-14)17-16-15(13(10-24)27-17)28-20(2,3)29-16/h4-9,13,15-17,24H,10H2,1-3H3,(H,21,22,26)/t13-,15-,16-,17-/m1/s1. The quantitative estimate of drug-likeness (QED) is 0.690. The largest absolute Gasteiger partial charge is 0.394 e. The number of carbonyl (C=O) groups excluding carboxylic acids is 1. The minimum absolute atomic E-state index is 0.0638. The molecule has 0 aliphatic carbocycles. The molecule has 2 aliphatic rings. The third kappa shape index (κ3) is 3.94. The Morgan fingerprint density at radius 1 is 1.23 bits per heavy atom. The fourth-order valence-corrected chi connectivity index (χ4v) is 3.54. The zero-order chi connectivity index (χ0) is 21.5. The van der Waals surface area contributed by atoms with Gasteiger partial charge >= 0.3 is 11.7 Å². The predicted octanol–water partition coefficient (Wildman–Crippen LogP) is 1.15. The second-order valence-corrected chi connectivity index (χ2v) is 7.67. The summed E-state index contributed by atoms with van der Waals surface area (Å²) in [4.78, 5) is 33.5. The number of carbonyl (C=O) groups is 1. The number of anilines is 1. The number of aromatic nitrogens is 2. The summed E-state index contributed by atoms with van der Waals surface area (Å²) in [7, 11) is 0. The molecule has 0 unspecified atom stereocenters. The van der Waals surface area contributed by atoms with E-state index in [4.69, 9.17) is 19.0 Å². The predicted molar refractivity (Wildman–Crippen MR) is 104 cm³/mol. The number of nitrogens with one attached hydrogen (secondary N) is 1. The van der Waals surface area contributed by atoms with Crippen LogP contribution in [0.2, 0.25) is 0 Å². The van der Waals surface area contributed by atoms with Crippen molar-refractivity contribution in [3.63, 3.8) is 0 Å². The van der Waals surface area contributed by atoms with Crippen LogP contribution in [0.3, 0.4) is 0 Å². The number of aliphatic hydroxyl groups is 1. The van der Waals surface area contributed by atoms with E-state index in [1.165, 1.54) is 16.8 Å². The molecule has 2 aliphatic heterocycles. The van der Waals surface area contributed by atoms with Crippen LogP contribution in [-0.2, 0) is 19.0 Å². The Bertz CT molecular complexity index is 989. The molecule has 0 bridgehead atoms. The van der Waals surface area contributed by atoms with Crippen LogP contribution in [0, 0.1) is 6.92 Å². The molecule has 2 N–H and O–H groups in total. The van der Waals surface area contributed by atoms with Gasteiger partial charge in [-0.1, -0.05) is 17.7 Å². The first-order valence-corrected chi connectivity index (χ1v) is 9.52. The number of aryl methyl sites for hydroxylation is 1. The molecule has 0 radical (unpaired) electrons. The van der Waals surface area contributed by atoms with Crippen molar-refractivity contribution in [3.8, 4) is 0 Å². The van der Waals surface area contributed by atoms with E-state index in [0.29, 0.717) is 5.56 Å². The molecule has 1 aromatic heterocycles. The Labute approximate surface area is 172 Å². The smallest absolute Gasteiger partial charge is 0.362 e. The molecule has 2 saturated heterocycles. The molecule has 30 heavy (non-hydrogen) atoms. The van der Waals surface area contributed by atoms with Crippen LogP contribution in [0.4, 0.5) is 5.82 Å². The first kappa shape index (κ1) is 20.5. The highest BCUT2D eigenvalue weighted by Crippen LogP contribution is 2.42. The Balaban J connectivity index is 1.46. The Kier molecular flexibility index (Phi) is 5.33.